The summed E-state index contributed by atoms with van der Waals surface area (Å²) in [6.45, 7) is 2.60. The van der Waals surface area contributed by atoms with E-state index in [4.69, 9.17) is 27.9 Å². The molecule has 0 aliphatic heterocycles. The van der Waals surface area contributed by atoms with E-state index in [2.05, 4.69) is 5.32 Å². The number of amides is 1. The van der Waals surface area contributed by atoms with Crippen LogP contribution in [0, 0.1) is 0 Å². The molecule has 0 radical (unpaired) electrons. The molecule has 0 bridgehead atoms. The Morgan fingerprint density at radius 1 is 1.12 bits per heavy atom. The summed E-state index contributed by atoms with van der Waals surface area (Å²) in [5.41, 5.74) is 0.766. The molecule has 0 heterocycles. The molecule has 2 aromatic carbocycles. The van der Waals surface area contributed by atoms with Crippen molar-refractivity contribution in [3.63, 3.8) is 0 Å². The molecule has 138 valence electrons. The van der Waals surface area contributed by atoms with Crippen LogP contribution in [0.1, 0.15) is 41.7 Å². The molecule has 2 rings (SSSR count). The predicted molar refractivity (Wildman–Crippen MR) is 101 cm³/mol. The first-order valence-electron chi connectivity index (χ1n) is 8.11. The van der Waals surface area contributed by atoms with E-state index < -0.39 is 17.9 Å². The summed E-state index contributed by atoms with van der Waals surface area (Å²) in [5.74, 6) is -0.879. The third kappa shape index (κ3) is 5.38. The standard InChI is InChI=1S/C19H19Cl2NO4/c1-2-10-26-13-8-6-12(7-9-13)16(11-17(23)24)22-19(25)18-14(20)4-3-5-15(18)21/h3-9,16H,2,10-11H2,1H3,(H,22,25)(H,23,24)/t16-/m1/s1. The minimum Gasteiger partial charge on any atom is -0.494 e. The van der Waals surface area contributed by atoms with Crippen molar-refractivity contribution in [3.8, 4) is 5.75 Å². The number of benzene rings is 2. The monoisotopic (exact) mass is 395 g/mol. The first-order chi connectivity index (χ1) is 12.4. The summed E-state index contributed by atoms with van der Waals surface area (Å²) in [6.07, 6.45) is 0.612. The van der Waals surface area contributed by atoms with Crippen molar-refractivity contribution in [1.29, 1.82) is 0 Å². The third-order valence-corrected chi connectivity index (χ3v) is 4.26. The molecule has 7 heteroatoms. The van der Waals surface area contributed by atoms with Gasteiger partial charge in [-0.3, -0.25) is 9.59 Å². The highest BCUT2D eigenvalue weighted by molar-refractivity contribution is 6.39. The molecule has 0 aliphatic rings. The van der Waals surface area contributed by atoms with Crippen LogP contribution in [0.3, 0.4) is 0 Å². The molecular formula is C19H19Cl2NO4. The van der Waals surface area contributed by atoms with Crippen molar-refractivity contribution in [2.45, 2.75) is 25.8 Å². The highest BCUT2D eigenvalue weighted by atomic mass is 35.5. The number of carboxylic acids is 1. The first-order valence-corrected chi connectivity index (χ1v) is 8.87. The van der Waals surface area contributed by atoms with Gasteiger partial charge >= 0.3 is 5.97 Å². The molecule has 2 N–H and O–H groups in total. The number of carboxylic acid groups (broad SMARTS) is 1. The van der Waals surface area contributed by atoms with E-state index in [1.807, 2.05) is 6.92 Å². The fraction of sp³-hybridized carbons (Fsp3) is 0.263. The average molecular weight is 396 g/mol. The number of hydrogen-bond acceptors (Lipinski definition) is 3. The first kappa shape index (κ1) is 20.1. The number of hydrogen-bond donors (Lipinski definition) is 2. The van der Waals surface area contributed by atoms with Crippen LogP contribution in [0.4, 0.5) is 0 Å². The molecular weight excluding hydrogens is 377 g/mol. The zero-order valence-corrected chi connectivity index (χ0v) is 15.7. The van der Waals surface area contributed by atoms with Crippen LogP contribution in [-0.4, -0.2) is 23.6 Å². The van der Waals surface area contributed by atoms with Gasteiger partial charge in [0, 0.05) is 0 Å². The maximum absolute atomic E-state index is 12.6. The molecule has 26 heavy (non-hydrogen) atoms. The van der Waals surface area contributed by atoms with Gasteiger partial charge in [0.05, 0.1) is 34.7 Å². The molecule has 0 aromatic heterocycles. The molecule has 5 nitrogen and oxygen atoms in total. The zero-order valence-electron chi connectivity index (χ0n) is 14.2. The number of ether oxygens (including phenoxy) is 1. The molecule has 0 saturated heterocycles. The number of halogens is 2. The number of nitrogens with one attached hydrogen (secondary N) is 1. The summed E-state index contributed by atoms with van der Waals surface area (Å²) < 4.78 is 5.51. The fourth-order valence-electron chi connectivity index (χ4n) is 2.39. The van der Waals surface area contributed by atoms with Crippen LogP contribution < -0.4 is 10.1 Å². The molecule has 1 atom stereocenters. The molecule has 1 amide bonds. The largest absolute Gasteiger partial charge is 0.494 e. The second-order valence-electron chi connectivity index (χ2n) is 5.64. The normalized spacial score (nSPS) is 11.7. The van der Waals surface area contributed by atoms with Gasteiger partial charge < -0.3 is 15.2 Å². The number of aliphatic carboxylic acids is 1. The number of carbonyl (C=O) groups excluding carboxylic acids is 1. The smallest absolute Gasteiger partial charge is 0.305 e. The van der Waals surface area contributed by atoms with E-state index in [0.717, 1.165) is 6.42 Å². The molecule has 0 saturated carbocycles. The topological polar surface area (TPSA) is 75.6 Å². The maximum atomic E-state index is 12.6. The van der Waals surface area contributed by atoms with E-state index in [0.29, 0.717) is 17.9 Å². The number of carbonyl (C=O) groups is 2. The lowest BCUT2D eigenvalue weighted by Crippen LogP contribution is -2.30. The van der Waals surface area contributed by atoms with Crippen molar-refractivity contribution in [1.82, 2.24) is 5.32 Å². The Labute approximate surface area is 161 Å². The average Bonchev–Trinajstić information content (AvgIpc) is 2.59. The molecule has 0 unspecified atom stereocenters. The highest BCUT2D eigenvalue weighted by Gasteiger charge is 2.22. The van der Waals surface area contributed by atoms with E-state index in [1.165, 1.54) is 0 Å². The molecule has 2 aromatic rings. The van der Waals surface area contributed by atoms with Crippen LogP contribution in [0.15, 0.2) is 42.5 Å². The summed E-state index contributed by atoms with van der Waals surface area (Å²) >= 11 is 12.1. The van der Waals surface area contributed by atoms with Crippen molar-refractivity contribution < 1.29 is 19.4 Å². The van der Waals surface area contributed by atoms with Gasteiger partial charge in [-0.1, -0.05) is 48.3 Å². The van der Waals surface area contributed by atoms with Crippen LogP contribution in [-0.2, 0) is 4.79 Å². The Balaban J connectivity index is 2.22. The van der Waals surface area contributed by atoms with Crippen LogP contribution in [0.25, 0.3) is 0 Å². The van der Waals surface area contributed by atoms with E-state index in [-0.39, 0.29) is 22.0 Å². The predicted octanol–water partition coefficient (Wildman–Crippen LogP) is 4.73. The van der Waals surface area contributed by atoms with E-state index in [1.54, 1.807) is 42.5 Å². The second kappa shape index (κ2) is 9.46. The SMILES string of the molecule is CCCOc1ccc([C@@H](CC(=O)O)NC(=O)c2c(Cl)cccc2Cl)cc1. The summed E-state index contributed by atoms with van der Waals surface area (Å²) in [6, 6.07) is 10.9. The quantitative estimate of drug-likeness (QED) is 0.677. The molecule has 0 aliphatic carbocycles. The van der Waals surface area contributed by atoms with Gasteiger partial charge in [-0.2, -0.15) is 0 Å². The summed E-state index contributed by atoms with van der Waals surface area (Å²) in [4.78, 5) is 23.8. The van der Waals surface area contributed by atoms with Gasteiger partial charge in [0.2, 0.25) is 0 Å². The van der Waals surface area contributed by atoms with Gasteiger partial charge in [-0.25, -0.2) is 0 Å². The molecule has 0 fully saturated rings. The van der Waals surface area contributed by atoms with Crippen molar-refractivity contribution in [2.24, 2.45) is 0 Å². The Kier molecular flexibility index (Phi) is 7.30. The van der Waals surface area contributed by atoms with Crippen LogP contribution in [0.2, 0.25) is 10.0 Å². The minimum atomic E-state index is -1.04. The van der Waals surface area contributed by atoms with Gasteiger partial charge in [0.25, 0.3) is 5.91 Å². The lowest BCUT2D eigenvalue weighted by Gasteiger charge is -2.19. The highest BCUT2D eigenvalue weighted by Crippen LogP contribution is 2.26. The van der Waals surface area contributed by atoms with Crippen LogP contribution in [0.5, 0.6) is 5.75 Å². The van der Waals surface area contributed by atoms with Crippen molar-refractivity contribution in [2.75, 3.05) is 6.61 Å². The van der Waals surface area contributed by atoms with Crippen LogP contribution >= 0.6 is 23.2 Å². The Bertz CT molecular complexity index is 757. The summed E-state index contributed by atoms with van der Waals surface area (Å²) in [5, 5.41) is 12.3. The Morgan fingerprint density at radius 3 is 2.27 bits per heavy atom. The van der Waals surface area contributed by atoms with Gasteiger partial charge in [0.15, 0.2) is 0 Å². The Hall–Kier alpha value is -2.24. The summed E-state index contributed by atoms with van der Waals surface area (Å²) in [7, 11) is 0. The lowest BCUT2D eigenvalue weighted by molar-refractivity contribution is -0.137. The van der Waals surface area contributed by atoms with Gasteiger partial charge in [-0.15, -0.1) is 0 Å². The number of rotatable bonds is 8. The second-order valence-corrected chi connectivity index (χ2v) is 6.45. The van der Waals surface area contributed by atoms with Crippen molar-refractivity contribution in [3.05, 3.63) is 63.6 Å². The van der Waals surface area contributed by atoms with E-state index in [9.17, 15) is 14.7 Å². The maximum Gasteiger partial charge on any atom is 0.305 e. The van der Waals surface area contributed by atoms with Crippen molar-refractivity contribution >= 4 is 35.1 Å². The van der Waals surface area contributed by atoms with Gasteiger partial charge in [-0.05, 0) is 36.2 Å². The molecule has 0 spiro atoms. The lowest BCUT2D eigenvalue weighted by atomic mass is 10.0. The fourth-order valence-corrected chi connectivity index (χ4v) is 2.96. The van der Waals surface area contributed by atoms with E-state index >= 15 is 0 Å². The van der Waals surface area contributed by atoms with Gasteiger partial charge in [0.1, 0.15) is 5.75 Å². The zero-order chi connectivity index (χ0) is 19.1. The minimum absolute atomic E-state index is 0.120. The third-order valence-electron chi connectivity index (χ3n) is 3.63. The Morgan fingerprint density at radius 2 is 1.73 bits per heavy atom.